The molecule has 0 spiro atoms. The number of hydrogen-bond donors (Lipinski definition) is 3. The monoisotopic (exact) mass is 274 g/mol. The average molecular weight is 274 g/mol. The first-order valence-electron chi connectivity index (χ1n) is 6.05. The Balaban J connectivity index is 2.14. The molecule has 0 amide bonds. The van der Waals surface area contributed by atoms with Crippen LogP contribution in [0.5, 0.6) is 17.2 Å². The Labute approximate surface area is 117 Å². The van der Waals surface area contributed by atoms with Gasteiger partial charge in [-0.1, -0.05) is 12.1 Å². The van der Waals surface area contributed by atoms with Gasteiger partial charge in [0, 0.05) is 5.46 Å². The highest BCUT2D eigenvalue weighted by atomic mass is 16.5. The highest BCUT2D eigenvalue weighted by Crippen LogP contribution is 2.17. The third-order valence-corrected chi connectivity index (χ3v) is 2.83. The van der Waals surface area contributed by atoms with Crippen molar-refractivity contribution in [3.8, 4) is 17.2 Å². The van der Waals surface area contributed by atoms with E-state index in [9.17, 15) is 15.2 Å². The first kappa shape index (κ1) is 14.2. The zero-order valence-electron chi connectivity index (χ0n) is 11.0. The molecule has 2 rings (SSSR count). The van der Waals surface area contributed by atoms with Crippen molar-refractivity contribution in [3.63, 3.8) is 0 Å². The minimum Gasteiger partial charge on any atom is -0.508 e. The fraction of sp³-hybridized carbons (Fsp3) is 0.143. The Morgan fingerprint density at radius 3 is 2.35 bits per heavy atom. The lowest BCUT2D eigenvalue weighted by Crippen LogP contribution is -2.31. The van der Waals surface area contributed by atoms with Crippen LogP contribution in [0.4, 0.5) is 0 Å². The third kappa shape index (κ3) is 3.43. The first-order valence-corrected chi connectivity index (χ1v) is 6.05. The number of phenolic OH excluding ortho intramolecular Hbond substituents is 1. The van der Waals surface area contributed by atoms with Crippen LogP contribution < -0.4 is 14.9 Å². The van der Waals surface area contributed by atoms with E-state index in [1.54, 1.807) is 36.4 Å². The number of ether oxygens (including phenoxy) is 2. The Hall–Kier alpha value is -2.18. The van der Waals surface area contributed by atoms with Gasteiger partial charge >= 0.3 is 7.12 Å². The van der Waals surface area contributed by atoms with Crippen LogP contribution in [0.15, 0.2) is 42.5 Å². The summed E-state index contributed by atoms with van der Waals surface area (Å²) in [4.78, 5) is 0. The summed E-state index contributed by atoms with van der Waals surface area (Å²) in [6.07, 6.45) is 0. The summed E-state index contributed by atoms with van der Waals surface area (Å²) in [5.41, 5.74) is 1.10. The Morgan fingerprint density at radius 1 is 1.05 bits per heavy atom. The number of aromatic hydroxyl groups is 1. The molecule has 2 aromatic carbocycles. The third-order valence-electron chi connectivity index (χ3n) is 2.83. The van der Waals surface area contributed by atoms with E-state index < -0.39 is 7.12 Å². The Morgan fingerprint density at radius 2 is 1.75 bits per heavy atom. The molecule has 0 aliphatic rings. The van der Waals surface area contributed by atoms with Crippen LogP contribution in [-0.4, -0.2) is 29.4 Å². The molecule has 0 bridgehead atoms. The first-order chi connectivity index (χ1) is 9.60. The van der Waals surface area contributed by atoms with Gasteiger partial charge in [0.25, 0.3) is 0 Å². The molecule has 3 N–H and O–H groups in total. The van der Waals surface area contributed by atoms with Gasteiger partial charge in [0.2, 0.25) is 0 Å². The van der Waals surface area contributed by atoms with E-state index in [4.69, 9.17) is 9.47 Å². The van der Waals surface area contributed by atoms with Crippen molar-refractivity contribution < 1.29 is 24.6 Å². The number of phenols is 1. The van der Waals surface area contributed by atoms with Crippen molar-refractivity contribution in [1.82, 2.24) is 0 Å². The van der Waals surface area contributed by atoms with Crippen LogP contribution in [0.25, 0.3) is 0 Å². The fourth-order valence-electron chi connectivity index (χ4n) is 1.74. The quantitative estimate of drug-likeness (QED) is 0.698. The summed E-state index contributed by atoms with van der Waals surface area (Å²) in [7, 11) is -0.139. The normalized spacial score (nSPS) is 10.2. The number of hydrogen-bond acceptors (Lipinski definition) is 5. The average Bonchev–Trinajstić information content (AvgIpc) is 2.46. The Bertz CT molecular complexity index is 568. The molecular weight excluding hydrogens is 259 g/mol. The zero-order chi connectivity index (χ0) is 14.5. The molecule has 0 heterocycles. The summed E-state index contributed by atoms with van der Waals surface area (Å²) >= 11 is 0. The molecule has 0 aliphatic carbocycles. The topological polar surface area (TPSA) is 79.2 Å². The summed E-state index contributed by atoms with van der Waals surface area (Å²) < 4.78 is 10.6. The van der Waals surface area contributed by atoms with Crippen LogP contribution in [0.3, 0.4) is 0 Å². The van der Waals surface area contributed by atoms with Crippen LogP contribution in [0.2, 0.25) is 0 Å². The Kier molecular flexibility index (Phi) is 4.50. The van der Waals surface area contributed by atoms with Gasteiger partial charge in [-0.05, 0) is 35.9 Å². The lowest BCUT2D eigenvalue weighted by Gasteiger charge is -2.12. The van der Waals surface area contributed by atoms with Gasteiger partial charge in [-0.2, -0.15) is 0 Å². The van der Waals surface area contributed by atoms with Crippen molar-refractivity contribution in [2.45, 2.75) is 6.61 Å². The largest absolute Gasteiger partial charge is 0.508 e. The molecule has 0 saturated carbocycles. The summed E-state index contributed by atoms with van der Waals surface area (Å²) in [6, 6.07) is 11.4. The molecule has 6 heteroatoms. The van der Waals surface area contributed by atoms with Gasteiger partial charge in [-0.3, -0.25) is 0 Å². The van der Waals surface area contributed by atoms with Crippen LogP contribution in [-0.2, 0) is 6.61 Å². The highest BCUT2D eigenvalue weighted by Gasteiger charge is 2.18. The standard InChI is InChI=1S/C14H15BO5/c1-19-12-6-7-14(13(8-12)15(17)18)20-9-10-2-4-11(16)5-3-10/h2-8,16-18H,9H2,1H3. The van der Waals surface area contributed by atoms with E-state index in [1.165, 1.54) is 13.2 Å². The van der Waals surface area contributed by atoms with Crippen molar-refractivity contribution in [2.75, 3.05) is 7.11 Å². The molecule has 5 nitrogen and oxygen atoms in total. The van der Waals surface area contributed by atoms with Gasteiger partial charge in [-0.15, -0.1) is 0 Å². The van der Waals surface area contributed by atoms with Crippen molar-refractivity contribution in [1.29, 1.82) is 0 Å². The van der Waals surface area contributed by atoms with Crippen LogP contribution in [0.1, 0.15) is 5.56 Å². The minimum absolute atomic E-state index is 0.185. The molecule has 0 radical (unpaired) electrons. The maximum atomic E-state index is 9.35. The molecule has 0 aliphatic heterocycles. The van der Waals surface area contributed by atoms with Gasteiger partial charge in [-0.25, -0.2) is 0 Å². The minimum atomic E-state index is -1.64. The predicted octanol–water partition coefficient (Wildman–Crippen LogP) is 0.660. The molecule has 20 heavy (non-hydrogen) atoms. The molecule has 2 aromatic rings. The van der Waals surface area contributed by atoms with E-state index in [-0.39, 0.29) is 17.8 Å². The predicted molar refractivity (Wildman–Crippen MR) is 75.3 cm³/mol. The SMILES string of the molecule is COc1ccc(OCc2ccc(O)cc2)c(B(O)O)c1. The van der Waals surface area contributed by atoms with Gasteiger partial charge < -0.3 is 24.6 Å². The lowest BCUT2D eigenvalue weighted by atomic mass is 9.79. The van der Waals surface area contributed by atoms with E-state index in [0.717, 1.165) is 5.56 Å². The molecular formula is C14H15BO5. The maximum Gasteiger partial charge on any atom is 0.492 e. The molecule has 0 atom stereocenters. The van der Waals surface area contributed by atoms with Crippen LogP contribution in [0, 0.1) is 0 Å². The number of methoxy groups -OCH3 is 1. The second-order valence-corrected chi connectivity index (χ2v) is 4.23. The van der Waals surface area contributed by atoms with E-state index in [1.807, 2.05) is 0 Å². The van der Waals surface area contributed by atoms with E-state index in [2.05, 4.69) is 0 Å². The molecule has 0 unspecified atom stereocenters. The smallest absolute Gasteiger partial charge is 0.492 e. The number of benzene rings is 2. The highest BCUT2D eigenvalue weighted by molar-refractivity contribution is 6.59. The second kappa shape index (κ2) is 6.32. The van der Waals surface area contributed by atoms with E-state index >= 15 is 0 Å². The molecule has 0 aromatic heterocycles. The molecule has 0 saturated heterocycles. The summed E-state index contributed by atoms with van der Waals surface area (Å²) in [5, 5.41) is 27.9. The fourth-order valence-corrected chi connectivity index (χ4v) is 1.74. The summed E-state index contributed by atoms with van der Waals surface area (Å²) in [5.74, 6) is 1.07. The summed E-state index contributed by atoms with van der Waals surface area (Å²) in [6.45, 7) is 0.256. The molecule has 0 fully saturated rings. The lowest BCUT2D eigenvalue weighted by molar-refractivity contribution is 0.306. The maximum absolute atomic E-state index is 9.35. The van der Waals surface area contributed by atoms with Gasteiger partial charge in [0.1, 0.15) is 23.9 Å². The van der Waals surface area contributed by atoms with Crippen molar-refractivity contribution in [2.24, 2.45) is 0 Å². The number of rotatable bonds is 5. The van der Waals surface area contributed by atoms with Crippen molar-refractivity contribution >= 4 is 12.6 Å². The van der Waals surface area contributed by atoms with Crippen LogP contribution >= 0.6 is 0 Å². The van der Waals surface area contributed by atoms with Gasteiger partial charge in [0.15, 0.2) is 0 Å². The molecule has 104 valence electrons. The zero-order valence-corrected chi connectivity index (χ0v) is 11.0. The van der Waals surface area contributed by atoms with E-state index in [0.29, 0.717) is 11.5 Å². The van der Waals surface area contributed by atoms with Gasteiger partial charge in [0.05, 0.1) is 7.11 Å². The second-order valence-electron chi connectivity index (χ2n) is 4.23. The van der Waals surface area contributed by atoms with Crippen molar-refractivity contribution in [3.05, 3.63) is 48.0 Å².